The second-order valence-electron chi connectivity index (χ2n) is 8.85. The third-order valence-electron chi connectivity index (χ3n) is 6.84. The summed E-state index contributed by atoms with van der Waals surface area (Å²) in [5.41, 5.74) is 1.12. The molecule has 1 N–H and O–H groups in total. The summed E-state index contributed by atoms with van der Waals surface area (Å²) in [6.07, 6.45) is -1.68. The largest absolute Gasteiger partial charge is 0.416 e. The van der Waals surface area contributed by atoms with E-state index in [1.54, 1.807) is 17.0 Å². The van der Waals surface area contributed by atoms with Crippen LogP contribution in [0.15, 0.2) is 36.4 Å². The van der Waals surface area contributed by atoms with Gasteiger partial charge >= 0.3 is 12.2 Å². The highest BCUT2D eigenvalue weighted by molar-refractivity contribution is 5.95. The fraction of sp³-hybridized carbons (Fsp3) is 0.500. The van der Waals surface area contributed by atoms with Crippen molar-refractivity contribution >= 4 is 11.8 Å². The van der Waals surface area contributed by atoms with Crippen molar-refractivity contribution in [2.45, 2.75) is 37.4 Å². The Morgan fingerprint density at radius 3 is 2.70 bits per heavy atom. The topological polar surface area (TPSA) is 57.7 Å². The summed E-state index contributed by atoms with van der Waals surface area (Å²) in [5, 5.41) is 3.02. The fourth-order valence-electron chi connectivity index (χ4n) is 4.92. The number of carbonyl (C=O) groups is 1. The zero-order chi connectivity index (χ0) is 23.0. The Hall–Kier alpha value is -2.65. The first-order chi connectivity index (χ1) is 15.9. The lowest BCUT2D eigenvalue weighted by Gasteiger charge is -2.35. The van der Waals surface area contributed by atoms with Crippen LogP contribution >= 0.6 is 0 Å². The van der Waals surface area contributed by atoms with Crippen molar-refractivity contribution in [3.05, 3.63) is 47.5 Å². The van der Waals surface area contributed by atoms with Gasteiger partial charge in [-0.15, -0.1) is 0 Å². The molecule has 1 aromatic heterocycles. The predicted octanol–water partition coefficient (Wildman–Crippen LogP) is 4.27. The van der Waals surface area contributed by atoms with Crippen LogP contribution in [0.1, 0.15) is 36.3 Å². The molecule has 9 heteroatoms. The normalized spacial score (nSPS) is 22.5. The summed E-state index contributed by atoms with van der Waals surface area (Å²) in [5.74, 6) is 0.824. The van der Waals surface area contributed by atoms with Crippen LogP contribution in [0.4, 0.5) is 23.8 Å². The molecule has 1 aromatic carbocycles. The lowest BCUT2D eigenvalue weighted by molar-refractivity contribution is -0.137. The number of carbonyl (C=O) groups excluding carboxylic acids is 1. The molecular formula is C24H27F3N4O2. The van der Waals surface area contributed by atoms with Crippen molar-refractivity contribution in [2.75, 3.05) is 44.3 Å². The number of ether oxygens (including phenoxy) is 1. The third kappa shape index (κ3) is 4.44. The standard InChI is InChI=1S/C24H27F3N4O2/c25-24(26,27)17-4-1-3-16(15-17)20-7-5-19-18-6-8-21(18)31(22(19)29-20)23(32)28-9-2-10-30-11-13-33-14-12-30/h1,3-5,7,15,18,21H,2,6,8-14H2,(H,28,32). The lowest BCUT2D eigenvalue weighted by Crippen LogP contribution is -2.49. The average Bonchev–Trinajstić information content (AvgIpc) is 3.02. The lowest BCUT2D eigenvalue weighted by atomic mass is 9.78. The molecule has 3 heterocycles. The first kappa shape index (κ1) is 22.2. The van der Waals surface area contributed by atoms with Gasteiger partial charge in [-0.3, -0.25) is 9.80 Å². The Bertz CT molecular complexity index is 1020. The summed E-state index contributed by atoms with van der Waals surface area (Å²) in [6.45, 7) is 4.80. The molecule has 1 aliphatic carbocycles. The van der Waals surface area contributed by atoms with Gasteiger partial charge in [0.2, 0.25) is 0 Å². The van der Waals surface area contributed by atoms with Crippen LogP contribution in [0.3, 0.4) is 0 Å². The second kappa shape index (κ2) is 8.95. The van der Waals surface area contributed by atoms with E-state index in [0.29, 0.717) is 23.6 Å². The van der Waals surface area contributed by atoms with E-state index >= 15 is 0 Å². The van der Waals surface area contributed by atoms with Crippen LogP contribution in [0.2, 0.25) is 0 Å². The maximum atomic E-state index is 13.2. The quantitative estimate of drug-likeness (QED) is 0.678. The molecule has 0 radical (unpaired) electrons. The summed E-state index contributed by atoms with van der Waals surface area (Å²) >= 11 is 0. The minimum absolute atomic E-state index is 0.0727. The van der Waals surface area contributed by atoms with Gasteiger partial charge in [-0.05, 0) is 44.0 Å². The van der Waals surface area contributed by atoms with Gasteiger partial charge in [0.15, 0.2) is 0 Å². The van der Waals surface area contributed by atoms with Crippen LogP contribution < -0.4 is 10.2 Å². The van der Waals surface area contributed by atoms with Crippen LogP contribution in [0, 0.1) is 0 Å². The number of anilines is 1. The van der Waals surface area contributed by atoms with Crippen molar-refractivity contribution in [3.63, 3.8) is 0 Å². The number of hydrogen-bond acceptors (Lipinski definition) is 4. The number of halogens is 3. The van der Waals surface area contributed by atoms with Gasteiger partial charge in [0, 0.05) is 42.7 Å². The maximum absolute atomic E-state index is 13.2. The molecule has 33 heavy (non-hydrogen) atoms. The van der Waals surface area contributed by atoms with E-state index in [0.717, 1.165) is 69.8 Å². The fourth-order valence-corrected chi connectivity index (χ4v) is 4.92. The van der Waals surface area contributed by atoms with E-state index in [-0.39, 0.29) is 18.0 Å². The van der Waals surface area contributed by atoms with E-state index in [1.165, 1.54) is 6.07 Å². The minimum atomic E-state index is -4.42. The van der Waals surface area contributed by atoms with E-state index < -0.39 is 11.7 Å². The maximum Gasteiger partial charge on any atom is 0.416 e. The number of nitrogens with zero attached hydrogens (tertiary/aromatic N) is 3. The number of fused-ring (bicyclic) bond motifs is 3. The number of morpholine rings is 1. The smallest absolute Gasteiger partial charge is 0.379 e. The number of amides is 2. The number of alkyl halides is 3. The molecule has 5 rings (SSSR count). The van der Waals surface area contributed by atoms with Gasteiger partial charge in [0.25, 0.3) is 0 Å². The minimum Gasteiger partial charge on any atom is -0.379 e. The molecule has 2 amide bonds. The summed E-state index contributed by atoms with van der Waals surface area (Å²) in [7, 11) is 0. The van der Waals surface area contributed by atoms with Crippen molar-refractivity contribution in [1.29, 1.82) is 0 Å². The molecule has 0 spiro atoms. The van der Waals surface area contributed by atoms with E-state index in [4.69, 9.17) is 4.74 Å². The van der Waals surface area contributed by atoms with Crippen molar-refractivity contribution in [2.24, 2.45) is 0 Å². The van der Waals surface area contributed by atoms with Crippen LogP contribution in [-0.2, 0) is 10.9 Å². The Labute approximate surface area is 190 Å². The highest BCUT2D eigenvalue weighted by Gasteiger charge is 2.48. The molecule has 2 aromatic rings. The van der Waals surface area contributed by atoms with E-state index in [9.17, 15) is 18.0 Å². The second-order valence-corrected chi connectivity index (χ2v) is 8.85. The zero-order valence-corrected chi connectivity index (χ0v) is 18.3. The van der Waals surface area contributed by atoms with E-state index in [1.807, 2.05) is 6.07 Å². The number of hydrogen-bond donors (Lipinski definition) is 1. The molecule has 176 valence electrons. The van der Waals surface area contributed by atoms with Crippen LogP contribution in [-0.4, -0.2) is 61.3 Å². The number of pyridine rings is 1. The van der Waals surface area contributed by atoms with Crippen LogP contribution in [0.5, 0.6) is 0 Å². The number of urea groups is 1. The third-order valence-corrected chi connectivity index (χ3v) is 6.84. The molecule has 1 saturated heterocycles. The van der Waals surface area contributed by atoms with Gasteiger partial charge in [0.1, 0.15) is 5.82 Å². The summed E-state index contributed by atoms with van der Waals surface area (Å²) in [4.78, 5) is 21.8. The first-order valence-corrected chi connectivity index (χ1v) is 11.5. The number of benzene rings is 1. The predicted molar refractivity (Wildman–Crippen MR) is 118 cm³/mol. The summed E-state index contributed by atoms with van der Waals surface area (Å²) in [6, 6.07) is 8.72. The Kier molecular flexibility index (Phi) is 6.01. The molecule has 2 fully saturated rings. The number of aromatic nitrogens is 1. The number of rotatable bonds is 5. The Morgan fingerprint density at radius 2 is 1.97 bits per heavy atom. The van der Waals surface area contributed by atoms with Crippen molar-refractivity contribution in [3.8, 4) is 11.3 Å². The molecule has 2 aliphatic heterocycles. The van der Waals surface area contributed by atoms with E-state index in [2.05, 4.69) is 15.2 Å². The molecule has 3 aliphatic rings. The monoisotopic (exact) mass is 460 g/mol. The highest BCUT2D eigenvalue weighted by Crippen LogP contribution is 2.51. The van der Waals surface area contributed by atoms with Gasteiger partial charge in [-0.2, -0.15) is 13.2 Å². The SMILES string of the molecule is O=C(NCCCN1CCOCC1)N1c2nc(-c3cccc(C(F)(F)F)c3)ccc2C2CCC21. The summed E-state index contributed by atoms with van der Waals surface area (Å²) < 4.78 is 44.8. The molecular weight excluding hydrogens is 433 g/mol. The molecule has 0 bridgehead atoms. The molecule has 1 saturated carbocycles. The molecule has 2 unspecified atom stereocenters. The van der Waals surface area contributed by atoms with Gasteiger partial charge in [0.05, 0.1) is 24.5 Å². The zero-order valence-electron chi connectivity index (χ0n) is 18.3. The van der Waals surface area contributed by atoms with Crippen molar-refractivity contribution in [1.82, 2.24) is 15.2 Å². The first-order valence-electron chi connectivity index (χ1n) is 11.5. The highest BCUT2D eigenvalue weighted by atomic mass is 19.4. The average molecular weight is 461 g/mol. The van der Waals surface area contributed by atoms with Crippen molar-refractivity contribution < 1.29 is 22.7 Å². The number of nitrogens with one attached hydrogen (secondary N) is 1. The van der Waals surface area contributed by atoms with Gasteiger partial charge in [-0.1, -0.05) is 18.2 Å². The van der Waals surface area contributed by atoms with Gasteiger partial charge in [-0.25, -0.2) is 9.78 Å². The van der Waals surface area contributed by atoms with Gasteiger partial charge < -0.3 is 10.1 Å². The molecule has 2 atom stereocenters. The molecule has 6 nitrogen and oxygen atoms in total. The van der Waals surface area contributed by atoms with Crippen LogP contribution in [0.25, 0.3) is 11.3 Å². The Balaban J connectivity index is 1.30. The Morgan fingerprint density at radius 1 is 1.15 bits per heavy atom.